The molecule has 8 nitrogen and oxygen atoms in total. The van der Waals surface area contributed by atoms with E-state index in [0.717, 1.165) is 43.2 Å². The van der Waals surface area contributed by atoms with Crippen molar-refractivity contribution < 1.29 is 19.2 Å². The molecule has 1 unspecified atom stereocenters. The van der Waals surface area contributed by atoms with Crippen LogP contribution in [0.1, 0.15) is 64.8 Å². The van der Waals surface area contributed by atoms with Crippen molar-refractivity contribution in [2.75, 3.05) is 26.2 Å². The fourth-order valence-corrected chi connectivity index (χ4v) is 6.49. The van der Waals surface area contributed by atoms with E-state index in [0.29, 0.717) is 22.1 Å². The average molecular weight is 501 g/mol. The highest BCUT2D eigenvalue weighted by molar-refractivity contribution is 6.25. The summed E-state index contributed by atoms with van der Waals surface area (Å²) in [5.74, 6) is -1.93. The summed E-state index contributed by atoms with van der Waals surface area (Å²) < 4.78 is 0. The van der Waals surface area contributed by atoms with Crippen molar-refractivity contribution in [3.05, 3.63) is 59.2 Å². The zero-order valence-corrected chi connectivity index (χ0v) is 20.9. The molecule has 3 saturated heterocycles. The van der Waals surface area contributed by atoms with E-state index < -0.39 is 23.8 Å². The first-order valence-electron chi connectivity index (χ1n) is 13.3. The number of hydrogen-bond acceptors (Lipinski definition) is 6. The summed E-state index contributed by atoms with van der Waals surface area (Å²) in [5.41, 5.74) is 3.90. The summed E-state index contributed by atoms with van der Waals surface area (Å²) in [6.07, 6.45) is 5.29. The minimum atomic E-state index is -0.966. The molecule has 0 aliphatic carbocycles. The van der Waals surface area contributed by atoms with E-state index in [-0.39, 0.29) is 18.7 Å². The fourth-order valence-electron chi connectivity index (χ4n) is 6.49. The van der Waals surface area contributed by atoms with Crippen molar-refractivity contribution >= 4 is 23.6 Å². The van der Waals surface area contributed by atoms with Crippen LogP contribution in [0.3, 0.4) is 0 Å². The van der Waals surface area contributed by atoms with Gasteiger partial charge >= 0.3 is 0 Å². The Hall–Kier alpha value is -3.36. The quantitative estimate of drug-likeness (QED) is 0.627. The smallest absolute Gasteiger partial charge is 0.262 e. The molecule has 2 N–H and O–H groups in total. The van der Waals surface area contributed by atoms with Gasteiger partial charge in [-0.25, -0.2) is 0 Å². The van der Waals surface area contributed by atoms with Gasteiger partial charge in [0.1, 0.15) is 6.04 Å². The molecule has 4 amide bonds. The van der Waals surface area contributed by atoms with Gasteiger partial charge in [-0.3, -0.25) is 34.3 Å². The topological polar surface area (TPSA) is 98.8 Å². The number of nitrogens with one attached hydrogen (secondary N) is 2. The molecule has 37 heavy (non-hydrogen) atoms. The van der Waals surface area contributed by atoms with Gasteiger partial charge in [-0.1, -0.05) is 30.3 Å². The first-order valence-corrected chi connectivity index (χ1v) is 13.3. The normalized spacial score (nSPS) is 23.9. The Labute approximate surface area is 216 Å². The van der Waals surface area contributed by atoms with Crippen LogP contribution in [0.2, 0.25) is 0 Å². The summed E-state index contributed by atoms with van der Waals surface area (Å²) in [5, 5.41) is 5.74. The van der Waals surface area contributed by atoms with Crippen LogP contribution < -0.4 is 10.6 Å². The molecule has 0 bridgehead atoms. The number of piperidine rings is 3. The van der Waals surface area contributed by atoms with Gasteiger partial charge in [0, 0.05) is 13.0 Å². The van der Waals surface area contributed by atoms with Crippen molar-refractivity contribution in [1.82, 2.24) is 20.4 Å². The van der Waals surface area contributed by atoms with Crippen molar-refractivity contribution in [2.45, 2.75) is 51.1 Å². The van der Waals surface area contributed by atoms with Crippen molar-refractivity contribution in [1.29, 1.82) is 0 Å². The number of amides is 4. The number of carbonyl (C=O) groups excluding carboxylic acids is 4. The Balaban J connectivity index is 1.22. The molecule has 6 rings (SSSR count). The molecule has 3 fully saturated rings. The number of fused-ring (bicyclic) bond motifs is 1. The van der Waals surface area contributed by atoms with E-state index in [1.807, 2.05) is 18.2 Å². The van der Waals surface area contributed by atoms with E-state index in [1.165, 1.54) is 31.2 Å². The van der Waals surface area contributed by atoms with Crippen LogP contribution in [0.25, 0.3) is 11.1 Å². The predicted octanol–water partition coefficient (Wildman–Crippen LogP) is 2.72. The lowest BCUT2D eigenvalue weighted by Gasteiger charge is -2.44. The molecule has 192 valence electrons. The van der Waals surface area contributed by atoms with Gasteiger partial charge in [0.25, 0.3) is 11.8 Å². The van der Waals surface area contributed by atoms with Gasteiger partial charge in [0.05, 0.1) is 11.1 Å². The van der Waals surface area contributed by atoms with Crippen LogP contribution in [-0.4, -0.2) is 65.6 Å². The number of hydrogen-bond donors (Lipinski definition) is 2. The highest BCUT2D eigenvalue weighted by Gasteiger charge is 2.45. The first-order chi connectivity index (χ1) is 17.9. The summed E-state index contributed by atoms with van der Waals surface area (Å²) in [7, 11) is 0. The number of carbonyl (C=O) groups is 4. The van der Waals surface area contributed by atoms with Crippen LogP contribution in [0.15, 0.2) is 42.5 Å². The Kier molecular flexibility index (Phi) is 6.16. The van der Waals surface area contributed by atoms with Gasteiger partial charge < -0.3 is 5.32 Å². The molecule has 2 aromatic carbocycles. The zero-order chi connectivity index (χ0) is 25.6. The minimum absolute atomic E-state index is 0.104. The molecule has 1 spiro atoms. The van der Waals surface area contributed by atoms with Crippen LogP contribution in [-0.2, 0) is 16.1 Å². The second-order valence-corrected chi connectivity index (χ2v) is 10.9. The SMILES string of the molecule is O=C1CCC(N2C(=O)c3cccc(-c4cccc(CN5CCC6(CCNCC6)CC5)c4)c3C2=O)C(=O)N1. The number of benzene rings is 2. The highest BCUT2D eigenvalue weighted by Crippen LogP contribution is 2.40. The summed E-state index contributed by atoms with van der Waals surface area (Å²) in [4.78, 5) is 54.3. The lowest BCUT2D eigenvalue weighted by atomic mass is 9.71. The van der Waals surface area contributed by atoms with Crippen LogP contribution in [0, 0.1) is 5.41 Å². The summed E-state index contributed by atoms with van der Waals surface area (Å²) >= 11 is 0. The maximum atomic E-state index is 13.5. The molecule has 0 aromatic heterocycles. The van der Waals surface area contributed by atoms with Gasteiger partial charge in [0.15, 0.2) is 0 Å². The summed E-state index contributed by atoms with van der Waals surface area (Å²) in [6.45, 7) is 5.31. The van der Waals surface area contributed by atoms with E-state index in [1.54, 1.807) is 12.1 Å². The van der Waals surface area contributed by atoms with Crippen molar-refractivity contribution in [3.63, 3.8) is 0 Å². The van der Waals surface area contributed by atoms with E-state index in [4.69, 9.17) is 0 Å². The van der Waals surface area contributed by atoms with E-state index in [9.17, 15) is 19.2 Å². The number of imide groups is 2. The van der Waals surface area contributed by atoms with E-state index in [2.05, 4.69) is 27.7 Å². The van der Waals surface area contributed by atoms with Gasteiger partial charge in [0.2, 0.25) is 11.8 Å². The van der Waals surface area contributed by atoms with Crippen LogP contribution >= 0.6 is 0 Å². The lowest BCUT2D eigenvalue weighted by Crippen LogP contribution is -2.54. The lowest BCUT2D eigenvalue weighted by molar-refractivity contribution is -0.136. The third kappa shape index (κ3) is 4.38. The van der Waals surface area contributed by atoms with Gasteiger partial charge in [-0.2, -0.15) is 0 Å². The molecule has 4 aliphatic rings. The third-order valence-corrected chi connectivity index (χ3v) is 8.69. The molecule has 0 radical (unpaired) electrons. The molecule has 0 saturated carbocycles. The van der Waals surface area contributed by atoms with Gasteiger partial charge in [-0.15, -0.1) is 0 Å². The molecule has 8 heteroatoms. The first kappa shape index (κ1) is 24.0. The Bertz CT molecular complexity index is 1270. The maximum absolute atomic E-state index is 13.5. The summed E-state index contributed by atoms with van der Waals surface area (Å²) in [6, 6.07) is 12.5. The maximum Gasteiger partial charge on any atom is 0.262 e. The second-order valence-electron chi connectivity index (χ2n) is 10.9. The monoisotopic (exact) mass is 500 g/mol. The Morgan fingerprint density at radius 2 is 1.59 bits per heavy atom. The average Bonchev–Trinajstić information content (AvgIpc) is 3.16. The van der Waals surface area contributed by atoms with E-state index >= 15 is 0 Å². The van der Waals surface area contributed by atoms with Crippen molar-refractivity contribution in [3.8, 4) is 11.1 Å². The largest absolute Gasteiger partial charge is 0.317 e. The number of rotatable bonds is 4. The standard InChI is InChI=1S/C29H32N4O4/c34-24-8-7-23(26(35)31-24)33-27(36)22-6-2-5-21(25(22)28(33)37)20-4-1-3-19(17-20)18-32-15-11-29(12-16-32)9-13-30-14-10-29/h1-6,17,23,30H,7-16,18H2,(H,31,34,35). The third-order valence-electron chi connectivity index (χ3n) is 8.69. The molecular formula is C29H32N4O4. The fraction of sp³-hybridized carbons (Fsp3) is 0.448. The number of likely N-dealkylation sites (tertiary alicyclic amines) is 1. The van der Waals surface area contributed by atoms with Crippen molar-refractivity contribution in [2.24, 2.45) is 5.41 Å². The number of nitrogens with zero attached hydrogens (tertiary/aromatic N) is 2. The molecule has 1 atom stereocenters. The zero-order valence-electron chi connectivity index (χ0n) is 20.9. The molecule has 2 aromatic rings. The Morgan fingerprint density at radius 1 is 0.865 bits per heavy atom. The van der Waals surface area contributed by atoms with Crippen LogP contribution in [0.5, 0.6) is 0 Å². The molecule has 4 heterocycles. The highest BCUT2D eigenvalue weighted by atomic mass is 16.2. The molecular weight excluding hydrogens is 468 g/mol. The van der Waals surface area contributed by atoms with Gasteiger partial charge in [-0.05, 0) is 92.5 Å². The minimum Gasteiger partial charge on any atom is -0.317 e. The predicted molar refractivity (Wildman–Crippen MR) is 138 cm³/mol. The Morgan fingerprint density at radius 3 is 2.35 bits per heavy atom. The van der Waals surface area contributed by atoms with Crippen LogP contribution in [0.4, 0.5) is 0 Å². The molecule has 4 aliphatic heterocycles. The second kappa shape index (κ2) is 9.50.